The molecule has 156 valence electrons. The van der Waals surface area contributed by atoms with Crippen LogP contribution in [0, 0.1) is 0 Å². The smallest absolute Gasteiger partial charge is 0.216 e. The first-order chi connectivity index (χ1) is 14.0. The van der Waals surface area contributed by atoms with Gasteiger partial charge in [-0.3, -0.25) is 10.3 Å². The molecule has 3 rings (SSSR count). The average molecular weight is 417 g/mol. The number of piperidine rings is 1. The van der Waals surface area contributed by atoms with Crippen LogP contribution < -0.4 is 0 Å². The van der Waals surface area contributed by atoms with Gasteiger partial charge in [0, 0.05) is 19.3 Å². The van der Waals surface area contributed by atoms with Crippen molar-refractivity contribution in [3.63, 3.8) is 0 Å². The van der Waals surface area contributed by atoms with Gasteiger partial charge in [0.05, 0.1) is 24.5 Å². The highest BCUT2D eigenvalue weighted by Gasteiger charge is 2.32. The molecule has 1 heterocycles. The Morgan fingerprint density at radius 2 is 1.69 bits per heavy atom. The lowest BCUT2D eigenvalue weighted by molar-refractivity contribution is -0.0737. The summed E-state index contributed by atoms with van der Waals surface area (Å²) in [4.78, 5) is 0. The summed E-state index contributed by atoms with van der Waals surface area (Å²) in [5, 5.41) is 11.0. The highest BCUT2D eigenvalue weighted by atomic mass is 32.2. The molecule has 0 aromatic heterocycles. The van der Waals surface area contributed by atoms with E-state index in [2.05, 4.69) is 6.58 Å². The third kappa shape index (κ3) is 5.90. The van der Waals surface area contributed by atoms with Gasteiger partial charge in [-0.1, -0.05) is 67.2 Å². The van der Waals surface area contributed by atoms with Crippen LogP contribution in [0.15, 0.2) is 73.4 Å². The number of benzene rings is 2. The van der Waals surface area contributed by atoms with Crippen molar-refractivity contribution in [2.75, 3.05) is 18.8 Å². The Labute approximate surface area is 173 Å². The van der Waals surface area contributed by atoms with E-state index in [1.165, 1.54) is 10.5 Å². The van der Waals surface area contributed by atoms with E-state index >= 15 is 0 Å². The summed E-state index contributed by atoms with van der Waals surface area (Å²) in [6.07, 6.45) is 2.60. The molecule has 29 heavy (non-hydrogen) atoms. The first-order valence-corrected chi connectivity index (χ1v) is 11.4. The maximum atomic E-state index is 13.0. The summed E-state index contributed by atoms with van der Waals surface area (Å²) >= 11 is 0. The van der Waals surface area contributed by atoms with Gasteiger partial charge in [-0.25, -0.2) is 12.7 Å². The lowest BCUT2D eigenvalue weighted by Gasteiger charge is -2.33. The highest BCUT2D eigenvalue weighted by Crippen LogP contribution is 2.25. The monoisotopic (exact) mass is 416 g/mol. The van der Waals surface area contributed by atoms with E-state index in [4.69, 9.17) is 4.74 Å². The Balaban J connectivity index is 1.57. The zero-order chi connectivity index (χ0) is 20.7. The molecule has 0 bridgehead atoms. The molecule has 0 spiro atoms. The maximum absolute atomic E-state index is 13.0. The minimum absolute atomic E-state index is 0.0501. The number of ether oxygens (including phenoxy) is 1. The molecule has 0 radical (unpaired) electrons. The maximum Gasteiger partial charge on any atom is 0.216 e. The van der Waals surface area contributed by atoms with Crippen molar-refractivity contribution in [2.45, 2.75) is 31.6 Å². The third-order valence-electron chi connectivity index (χ3n) is 5.18. The van der Waals surface area contributed by atoms with Crippen molar-refractivity contribution < 1.29 is 18.4 Å². The van der Waals surface area contributed by atoms with E-state index < -0.39 is 16.1 Å². The fourth-order valence-electron chi connectivity index (χ4n) is 3.50. The first kappa shape index (κ1) is 21.5. The molecule has 6 nitrogen and oxygen atoms in total. The Bertz CT molecular complexity index is 866. The Morgan fingerprint density at radius 1 is 1.10 bits per heavy atom. The number of sulfonamides is 1. The molecule has 0 amide bonds. The normalized spacial score (nSPS) is 17.0. The highest BCUT2D eigenvalue weighted by molar-refractivity contribution is 7.89. The van der Waals surface area contributed by atoms with Gasteiger partial charge < -0.3 is 4.74 Å². The third-order valence-corrected chi connectivity index (χ3v) is 7.07. The molecule has 1 saturated heterocycles. The van der Waals surface area contributed by atoms with Crippen molar-refractivity contribution in [3.8, 4) is 0 Å². The van der Waals surface area contributed by atoms with Gasteiger partial charge in [0.1, 0.15) is 0 Å². The van der Waals surface area contributed by atoms with Gasteiger partial charge in [-0.2, -0.15) is 0 Å². The molecule has 7 heteroatoms. The second-order valence-corrected chi connectivity index (χ2v) is 9.18. The number of nitrogens with zero attached hydrogens (tertiary/aromatic N) is 2. The topological polar surface area (TPSA) is 70.1 Å². The number of hydrogen-bond acceptors (Lipinski definition) is 5. The lowest BCUT2D eigenvalue weighted by Crippen LogP contribution is -2.43. The van der Waals surface area contributed by atoms with Crippen molar-refractivity contribution >= 4 is 10.0 Å². The molecule has 2 aromatic rings. The SMILES string of the molecule is C=CN(O)C(CS(=O)(=O)N1CCC(OCc2ccccc2)CC1)c1ccccc1. The first-order valence-electron chi connectivity index (χ1n) is 9.77. The van der Waals surface area contributed by atoms with Crippen LogP contribution in [0.3, 0.4) is 0 Å². The molecule has 2 aromatic carbocycles. The molecule has 1 fully saturated rings. The van der Waals surface area contributed by atoms with Crippen molar-refractivity contribution in [2.24, 2.45) is 0 Å². The standard InChI is InChI=1S/C22H28N2O4S/c1-2-24(25)22(20-11-7-4-8-12-20)18-29(26,27)23-15-13-21(14-16-23)28-17-19-9-5-3-6-10-19/h2-12,21-22,25H,1,13-18H2. The van der Waals surface area contributed by atoms with Crippen molar-refractivity contribution in [1.29, 1.82) is 0 Å². The van der Waals surface area contributed by atoms with Crippen LogP contribution in [-0.4, -0.2) is 47.9 Å². The fraction of sp³-hybridized carbons (Fsp3) is 0.364. The molecule has 1 unspecified atom stereocenters. The van der Waals surface area contributed by atoms with Crippen LogP contribution in [-0.2, 0) is 21.4 Å². The molecule has 1 aliphatic rings. The summed E-state index contributed by atoms with van der Waals surface area (Å²) in [7, 11) is -3.55. The average Bonchev–Trinajstić information content (AvgIpc) is 2.77. The number of hydroxylamine groups is 2. The summed E-state index contributed by atoms with van der Waals surface area (Å²) in [6.45, 7) is 4.93. The van der Waals surface area contributed by atoms with Gasteiger partial charge in [0.25, 0.3) is 0 Å². The Morgan fingerprint density at radius 3 is 2.28 bits per heavy atom. The van der Waals surface area contributed by atoms with Gasteiger partial charge in [0.2, 0.25) is 10.0 Å². The molecular formula is C22H28N2O4S. The van der Waals surface area contributed by atoms with Crippen LogP contribution in [0.2, 0.25) is 0 Å². The van der Waals surface area contributed by atoms with E-state index in [1.807, 2.05) is 48.5 Å². The zero-order valence-corrected chi connectivity index (χ0v) is 17.2. The second kappa shape index (κ2) is 10.0. The van der Waals surface area contributed by atoms with Gasteiger partial charge in [0.15, 0.2) is 0 Å². The molecular weight excluding hydrogens is 388 g/mol. The van der Waals surface area contributed by atoms with Gasteiger partial charge in [-0.15, -0.1) is 0 Å². The van der Waals surface area contributed by atoms with E-state index in [0.29, 0.717) is 32.5 Å². The van der Waals surface area contributed by atoms with Crippen LogP contribution in [0.1, 0.15) is 30.0 Å². The lowest BCUT2D eigenvalue weighted by atomic mass is 10.1. The van der Waals surface area contributed by atoms with Crippen molar-refractivity contribution in [3.05, 3.63) is 84.6 Å². The van der Waals surface area contributed by atoms with Gasteiger partial charge in [-0.05, 0) is 24.0 Å². The van der Waals surface area contributed by atoms with Crippen LogP contribution in [0.4, 0.5) is 0 Å². The van der Waals surface area contributed by atoms with Crippen LogP contribution in [0.25, 0.3) is 0 Å². The van der Waals surface area contributed by atoms with Crippen LogP contribution in [0.5, 0.6) is 0 Å². The van der Waals surface area contributed by atoms with Gasteiger partial charge >= 0.3 is 0 Å². The number of hydrogen-bond donors (Lipinski definition) is 1. The van der Waals surface area contributed by atoms with E-state index in [9.17, 15) is 13.6 Å². The van der Waals surface area contributed by atoms with E-state index in [0.717, 1.165) is 16.2 Å². The minimum Gasteiger partial charge on any atom is -0.373 e. The van der Waals surface area contributed by atoms with Crippen LogP contribution >= 0.6 is 0 Å². The molecule has 0 saturated carbocycles. The largest absolute Gasteiger partial charge is 0.373 e. The number of rotatable bonds is 9. The summed E-state index contributed by atoms with van der Waals surface area (Å²) in [5.74, 6) is -0.213. The van der Waals surface area contributed by atoms with E-state index in [1.54, 1.807) is 12.1 Å². The fourth-order valence-corrected chi connectivity index (χ4v) is 5.22. The van der Waals surface area contributed by atoms with E-state index in [-0.39, 0.29) is 11.9 Å². The Hall–Kier alpha value is -2.19. The van der Waals surface area contributed by atoms with Crippen molar-refractivity contribution in [1.82, 2.24) is 9.37 Å². The quantitative estimate of drug-likeness (QED) is 0.633. The predicted molar refractivity (Wildman–Crippen MR) is 113 cm³/mol. The summed E-state index contributed by atoms with van der Waals surface area (Å²) < 4.78 is 33.4. The Kier molecular flexibility index (Phi) is 7.44. The minimum atomic E-state index is -3.55. The molecule has 1 N–H and O–H groups in total. The summed E-state index contributed by atoms with van der Waals surface area (Å²) in [6, 6.07) is 18.4. The zero-order valence-electron chi connectivity index (χ0n) is 16.4. The second-order valence-electron chi connectivity index (χ2n) is 7.16. The predicted octanol–water partition coefficient (Wildman–Crippen LogP) is 3.57. The summed E-state index contributed by atoms with van der Waals surface area (Å²) in [5.41, 5.74) is 1.83. The molecule has 0 aliphatic carbocycles. The molecule has 1 aliphatic heterocycles. The molecule has 1 atom stereocenters.